The topological polar surface area (TPSA) is 16.1 Å². The number of rotatable bonds is 3. The number of likely N-dealkylation sites (tertiary alicyclic amines) is 1. The number of piperidine rings is 1. The zero-order chi connectivity index (χ0) is 13.8. The minimum atomic E-state index is 0.525. The molecule has 20 heavy (non-hydrogen) atoms. The van der Waals surface area contributed by atoms with Crippen LogP contribution in [0.5, 0.6) is 0 Å². The normalized spacial score (nSPS) is 19.9. The third-order valence-electron chi connectivity index (χ3n) is 4.32. The largest absolute Gasteiger partial charge is 0.292 e. The molecule has 0 aliphatic carbocycles. The first kappa shape index (κ1) is 13.3. The fourth-order valence-electron chi connectivity index (χ4n) is 3.14. The lowest BCUT2D eigenvalue weighted by Gasteiger charge is -2.36. The Morgan fingerprint density at radius 1 is 1.15 bits per heavy atom. The number of nitrogens with zero attached hydrogens (tertiary/aromatic N) is 2. The molecular weight excluding hydrogens is 244 g/mol. The molecule has 0 bridgehead atoms. The Morgan fingerprint density at radius 2 is 2.05 bits per heavy atom. The highest BCUT2D eigenvalue weighted by atomic mass is 15.2. The van der Waals surface area contributed by atoms with Crippen molar-refractivity contribution in [3.63, 3.8) is 0 Å². The molecule has 2 heteroatoms. The second-order valence-electron chi connectivity index (χ2n) is 5.69. The maximum Gasteiger partial charge on any atom is 0.0366 e. The molecule has 1 saturated heterocycles. The van der Waals surface area contributed by atoms with E-state index >= 15 is 0 Å². The molecule has 1 aliphatic heterocycles. The van der Waals surface area contributed by atoms with E-state index in [2.05, 4.69) is 53.2 Å². The molecule has 0 saturated carbocycles. The van der Waals surface area contributed by atoms with Crippen LogP contribution in [-0.2, 0) is 6.54 Å². The molecule has 1 atom stereocenters. The molecule has 1 aromatic heterocycles. The summed E-state index contributed by atoms with van der Waals surface area (Å²) in [6.07, 6.45) is 7.77. The van der Waals surface area contributed by atoms with E-state index < -0.39 is 0 Å². The number of hydrogen-bond acceptors (Lipinski definition) is 2. The van der Waals surface area contributed by atoms with Gasteiger partial charge in [0.1, 0.15) is 0 Å². The number of aromatic nitrogens is 1. The molecule has 0 spiro atoms. The average molecular weight is 266 g/mol. The highest BCUT2D eigenvalue weighted by Gasteiger charge is 2.24. The predicted octanol–water partition coefficient (Wildman–Crippen LogP) is 4.12. The molecule has 0 radical (unpaired) electrons. The Labute approximate surface area is 121 Å². The van der Waals surface area contributed by atoms with Gasteiger partial charge in [0.25, 0.3) is 0 Å². The molecule has 0 unspecified atom stereocenters. The molecule has 0 amide bonds. The minimum Gasteiger partial charge on any atom is -0.292 e. The SMILES string of the molecule is Cc1ccccc1CN1CCCC[C@H]1c1cccnc1. The van der Waals surface area contributed by atoms with Gasteiger partial charge in [-0.15, -0.1) is 0 Å². The van der Waals surface area contributed by atoms with Gasteiger partial charge in [-0.3, -0.25) is 9.88 Å². The predicted molar refractivity (Wildman–Crippen MR) is 82.4 cm³/mol. The van der Waals surface area contributed by atoms with Crippen molar-refractivity contribution in [1.82, 2.24) is 9.88 Å². The van der Waals surface area contributed by atoms with E-state index in [9.17, 15) is 0 Å². The zero-order valence-corrected chi connectivity index (χ0v) is 12.1. The summed E-state index contributed by atoms with van der Waals surface area (Å²) in [5.74, 6) is 0. The second kappa shape index (κ2) is 6.19. The Balaban J connectivity index is 1.81. The summed E-state index contributed by atoms with van der Waals surface area (Å²) in [7, 11) is 0. The number of benzene rings is 1. The zero-order valence-electron chi connectivity index (χ0n) is 12.1. The van der Waals surface area contributed by atoms with Crippen molar-refractivity contribution in [2.24, 2.45) is 0 Å². The number of hydrogen-bond donors (Lipinski definition) is 0. The molecule has 2 heterocycles. The molecule has 3 rings (SSSR count). The summed E-state index contributed by atoms with van der Waals surface area (Å²) in [5.41, 5.74) is 4.20. The highest BCUT2D eigenvalue weighted by molar-refractivity contribution is 5.26. The van der Waals surface area contributed by atoms with Gasteiger partial charge in [-0.1, -0.05) is 36.8 Å². The molecule has 104 valence electrons. The van der Waals surface area contributed by atoms with Crippen LogP contribution < -0.4 is 0 Å². The standard InChI is InChI=1S/C18H22N2/c1-15-7-2-3-8-17(15)14-20-12-5-4-10-18(20)16-9-6-11-19-13-16/h2-3,6-9,11,13,18H,4-5,10,12,14H2,1H3/t18-/m0/s1. The van der Waals surface area contributed by atoms with Crippen molar-refractivity contribution in [1.29, 1.82) is 0 Å². The van der Waals surface area contributed by atoms with E-state index in [0.717, 1.165) is 6.54 Å². The van der Waals surface area contributed by atoms with Gasteiger partial charge < -0.3 is 0 Å². The number of pyridine rings is 1. The van der Waals surface area contributed by atoms with Gasteiger partial charge in [0.05, 0.1) is 0 Å². The molecule has 0 N–H and O–H groups in total. The van der Waals surface area contributed by atoms with E-state index in [0.29, 0.717) is 6.04 Å². The summed E-state index contributed by atoms with van der Waals surface area (Å²) in [5, 5.41) is 0. The fourth-order valence-corrected chi connectivity index (χ4v) is 3.14. The summed E-state index contributed by atoms with van der Waals surface area (Å²) >= 11 is 0. The van der Waals surface area contributed by atoms with Crippen molar-refractivity contribution >= 4 is 0 Å². The smallest absolute Gasteiger partial charge is 0.0366 e. The molecule has 2 nitrogen and oxygen atoms in total. The molecular formula is C18H22N2. The summed E-state index contributed by atoms with van der Waals surface area (Å²) in [4.78, 5) is 6.91. The second-order valence-corrected chi connectivity index (χ2v) is 5.69. The first-order valence-corrected chi connectivity index (χ1v) is 7.53. The van der Waals surface area contributed by atoms with Crippen molar-refractivity contribution < 1.29 is 0 Å². The molecule has 2 aromatic rings. The van der Waals surface area contributed by atoms with Crippen LogP contribution in [0.25, 0.3) is 0 Å². The summed E-state index contributed by atoms with van der Waals surface area (Å²) in [6, 6.07) is 13.5. The first-order chi connectivity index (χ1) is 9.84. The van der Waals surface area contributed by atoms with Crippen molar-refractivity contribution in [3.05, 3.63) is 65.5 Å². The van der Waals surface area contributed by atoms with E-state index in [1.165, 1.54) is 42.5 Å². The van der Waals surface area contributed by atoms with Crippen LogP contribution >= 0.6 is 0 Å². The Morgan fingerprint density at radius 3 is 2.85 bits per heavy atom. The maximum atomic E-state index is 4.29. The third kappa shape index (κ3) is 2.91. The van der Waals surface area contributed by atoms with E-state index in [4.69, 9.17) is 0 Å². The molecule has 1 aromatic carbocycles. The highest BCUT2D eigenvalue weighted by Crippen LogP contribution is 2.31. The lowest BCUT2D eigenvalue weighted by molar-refractivity contribution is 0.140. The van der Waals surface area contributed by atoms with Crippen LogP contribution in [0.1, 0.15) is 42.0 Å². The van der Waals surface area contributed by atoms with Gasteiger partial charge in [-0.25, -0.2) is 0 Å². The quantitative estimate of drug-likeness (QED) is 0.831. The van der Waals surface area contributed by atoms with Crippen LogP contribution in [0.15, 0.2) is 48.8 Å². The lowest BCUT2D eigenvalue weighted by atomic mass is 9.95. The van der Waals surface area contributed by atoms with Gasteiger partial charge in [0.2, 0.25) is 0 Å². The lowest BCUT2D eigenvalue weighted by Crippen LogP contribution is -2.33. The summed E-state index contributed by atoms with van der Waals surface area (Å²) in [6.45, 7) is 4.44. The minimum absolute atomic E-state index is 0.525. The van der Waals surface area contributed by atoms with Crippen LogP contribution in [-0.4, -0.2) is 16.4 Å². The maximum absolute atomic E-state index is 4.29. The van der Waals surface area contributed by atoms with Crippen molar-refractivity contribution in [2.45, 2.75) is 38.8 Å². The van der Waals surface area contributed by atoms with Gasteiger partial charge in [-0.05, 0) is 49.1 Å². The Bertz CT molecular complexity index is 550. The van der Waals surface area contributed by atoms with Crippen molar-refractivity contribution in [3.8, 4) is 0 Å². The fraction of sp³-hybridized carbons (Fsp3) is 0.389. The van der Waals surface area contributed by atoms with Crippen LogP contribution in [0, 0.1) is 6.92 Å². The number of aryl methyl sites for hydroxylation is 1. The Hall–Kier alpha value is -1.67. The summed E-state index contributed by atoms with van der Waals surface area (Å²) < 4.78 is 0. The van der Waals surface area contributed by atoms with E-state index in [1.807, 2.05) is 12.4 Å². The Kier molecular flexibility index (Phi) is 4.12. The van der Waals surface area contributed by atoms with Gasteiger partial charge in [-0.2, -0.15) is 0 Å². The van der Waals surface area contributed by atoms with Crippen LogP contribution in [0.4, 0.5) is 0 Å². The van der Waals surface area contributed by atoms with Gasteiger partial charge in [0, 0.05) is 25.0 Å². The van der Waals surface area contributed by atoms with Crippen molar-refractivity contribution in [2.75, 3.05) is 6.54 Å². The van der Waals surface area contributed by atoms with E-state index in [1.54, 1.807) is 0 Å². The van der Waals surface area contributed by atoms with Gasteiger partial charge >= 0.3 is 0 Å². The first-order valence-electron chi connectivity index (χ1n) is 7.53. The molecule has 1 aliphatic rings. The van der Waals surface area contributed by atoms with Gasteiger partial charge in [0.15, 0.2) is 0 Å². The van der Waals surface area contributed by atoms with E-state index in [-0.39, 0.29) is 0 Å². The monoisotopic (exact) mass is 266 g/mol. The van der Waals surface area contributed by atoms with Crippen LogP contribution in [0.3, 0.4) is 0 Å². The third-order valence-corrected chi connectivity index (χ3v) is 4.32. The average Bonchev–Trinajstić information content (AvgIpc) is 2.51. The van der Waals surface area contributed by atoms with Crippen LogP contribution in [0.2, 0.25) is 0 Å². The molecule has 1 fully saturated rings.